The molecule has 3 nitrogen and oxygen atoms in total. The molecule has 0 aliphatic carbocycles. The molecular formula is C14H7F6NO2. The Hall–Kier alpha value is -2.58. The first-order chi connectivity index (χ1) is 10.5. The van der Waals surface area contributed by atoms with E-state index in [9.17, 15) is 36.2 Å². The van der Waals surface area contributed by atoms with Gasteiger partial charge in [-0.05, 0) is 11.5 Å². The standard InChI is InChI=1S/C14H7F6NO2/c15-13(16,17)11(22)10(12(23)14(18,19)20)21-6-5-8-3-1-2-4-9(8)7-21/h1-7H. The topological polar surface area (TPSA) is 44.0 Å². The van der Waals surface area contributed by atoms with Crippen LogP contribution in [0.4, 0.5) is 26.3 Å². The molecule has 0 saturated carbocycles. The van der Waals surface area contributed by atoms with E-state index in [1.54, 1.807) is 12.1 Å². The zero-order valence-corrected chi connectivity index (χ0v) is 11.1. The van der Waals surface area contributed by atoms with Gasteiger partial charge in [-0.3, -0.25) is 4.79 Å². The van der Waals surface area contributed by atoms with E-state index in [0.29, 0.717) is 5.39 Å². The van der Waals surface area contributed by atoms with Crippen LogP contribution in [0.25, 0.3) is 16.5 Å². The highest BCUT2D eigenvalue weighted by Gasteiger charge is 2.48. The van der Waals surface area contributed by atoms with Crippen LogP contribution in [0.3, 0.4) is 0 Å². The van der Waals surface area contributed by atoms with Gasteiger partial charge < -0.3 is 5.11 Å². The zero-order valence-electron chi connectivity index (χ0n) is 11.1. The molecule has 1 aromatic heterocycles. The summed E-state index contributed by atoms with van der Waals surface area (Å²) in [5.41, 5.74) is -2.02. The maximum absolute atomic E-state index is 12.5. The van der Waals surface area contributed by atoms with E-state index in [0.717, 1.165) is 12.4 Å². The lowest BCUT2D eigenvalue weighted by atomic mass is 10.1. The SMILES string of the molecule is O=C(C(=C([O-])C(F)(F)F)[n+]1ccc2ccccc2c1)C(F)(F)F. The van der Waals surface area contributed by atoms with Crippen molar-refractivity contribution in [1.29, 1.82) is 0 Å². The van der Waals surface area contributed by atoms with Crippen molar-refractivity contribution in [2.24, 2.45) is 0 Å². The number of aromatic nitrogens is 1. The number of carbonyl (C=O) groups is 1. The Morgan fingerprint density at radius 1 is 0.913 bits per heavy atom. The van der Waals surface area contributed by atoms with Crippen molar-refractivity contribution in [3.63, 3.8) is 0 Å². The molecule has 0 aliphatic heterocycles. The summed E-state index contributed by atoms with van der Waals surface area (Å²) in [7, 11) is 0. The lowest BCUT2D eigenvalue weighted by molar-refractivity contribution is -0.583. The molecule has 1 aromatic carbocycles. The summed E-state index contributed by atoms with van der Waals surface area (Å²) in [5.74, 6) is -5.72. The molecule has 1 heterocycles. The van der Waals surface area contributed by atoms with Crippen LogP contribution in [-0.2, 0) is 4.79 Å². The fourth-order valence-electron chi connectivity index (χ4n) is 1.88. The second-order valence-corrected chi connectivity index (χ2v) is 4.48. The van der Waals surface area contributed by atoms with Crippen molar-refractivity contribution < 1.29 is 40.8 Å². The highest BCUT2D eigenvalue weighted by Crippen LogP contribution is 2.29. The molecule has 0 spiro atoms. The Morgan fingerprint density at radius 3 is 2.00 bits per heavy atom. The van der Waals surface area contributed by atoms with E-state index < -0.39 is 29.6 Å². The minimum Gasteiger partial charge on any atom is -0.865 e. The van der Waals surface area contributed by atoms with E-state index in [4.69, 9.17) is 0 Å². The van der Waals surface area contributed by atoms with Crippen molar-refractivity contribution in [2.45, 2.75) is 12.4 Å². The van der Waals surface area contributed by atoms with Crippen LogP contribution in [0.15, 0.2) is 48.5 Å². The quantitative estimate of drug-likeness (QED) is 0.366. The van der Waals surface area contributed by atoms with Crippen molar-refractivity contribution in [3.8, 4) is 0 Å². The van der Waals surface area contributed by atoms with Gasteiger partial charge in [0.05, 0.1) is 5.76 Å². The summed E-state index contributed by atoms with van der Waals surface area (Å²) in [4.78, 5) is 11.3. The number of allylic oxidation sites excluding steroid dienone is 2. The number of benzene rings is 1. The van der Waals surface area contributed by atoms with Crippen molar-refractivity contribution in [2.75, 3.05) is 0 Å². The van der Waals surface area contributed by atoms with E-state index in [1.807, 2.05) is 0 Å². The Balaban J connectivity index is 2.73. The molecular weight excluding hydrogens is 328 g/mol. The number of hydrogen-bond acceptors (Lipinski definition) is 2. The van der Waals surface area contributed by atoms with Crippen LogP contribution in [0.2, 0.25) is 0 Å². The minimum absolute atomic E-state index is 0.244. The van der Waals surface area contributed by atoms with Crippen molar-refractivity contribution in [1.82, 2.24) is 0 Å². The summed E-state index contributed by atoms with van der Waals surface area (Å²) in [6, 6.07) is 7.29. The lowest BCUT2D eigenvalue weighted by Crippen LogP contribution is -2.45. The van der Waals surface area contributed by atoms with E-state index in [2.05, 4.69) is 0 Å². The van der Waals surface area contributed by atoms with Crippen LogP contribution in [0, 0.1) is 0 Å². The predicted molar refractivity (Wildman–Crippen MR) is 64.5 cm³/mol. The molecule has 23 heavy (non-hydrogen) atoms. The number of ketones is 1. The largest absolute Gasteiger partial charge is 0.865 e. The lowest BCUT2D eigenvalue weighted by Gasteiger charge is -2.17. The fourth-order valence-corrected chi connectivity index (χ4v) is 1.88. The molecule has 0 radical (unpaired) electrons. The third-order valence-electron chi connectivity index (χ3n) is 2.89. The monoisotopic (exact) mass is 335 g/mol. The van der Waals surface area contributed by atoms with E-state index in [-0.39, 0.29) is 9.95 Å². The molecule has 0 unspecified atom stereocenters. The van der Waals surface area contributed by atoms with Gasteiger partial charge in [-0.2, -0.15) is 30.9 Å². The smallest absolute Gasteiger partial charge is 0.461 e. The van der Waals surface area contributed by atoms with Gasteiger partial charge in [-0.15, -0.1) is 0 Å². The summed E-state index contributed by atoms with van der Waals surface area (Å²) in [5, 5.41) is 12.1. The Labute approximate surface area is 125 Å². The zero-order chi connectivity index (χ0) is 17.4. The van der Waals surface area contributed by atoms with Gasteiger partial charge in [0, 0.05) is 11.5 Å². The Bertz CT molecular complexity index is 792. The number of alkyl halides is 6. The summed E-state index contributed by atoms with van der Waals surface area (Å²) >= 11 is 0. The number of halogens is 6. The third-order valence-corrected chi connectivity index (χ3v) is 2.89. The average molecular weight is 335 g/mol. The molecule has 0 aliphatic rings. The van der Waals surface area contributed by atoms with Gasteiger partial charge in [-0.25, -0.2) is 0 Å². The molecule has 0 fully saturated rings. The highest BCUT2D eigenvalue weighted by molar-refractivity contribution is 6.15. The fraction of sp³-hybridized carbons (Fsp3) is 0.143. The van der Waals surface area contributed by atoms with Crippen molar-refractivity contribution >= 4 is 22.3 Å². The normalized spacial score (nSPS) is 13.8. The molecule has 122 valence electrons. The molecule has 0 bridgehead atoms. The first kappa shape index (κ1) is 16.8. The molecule has 0 atom stereocenters. The summed E-state index contributed by atoms with van der Waals surface area (Å²) < 4.78 is 75.5. The van der Waals surface area contributed by atoms with Crippen LogP contribution in [-0.4, -0.2) is 18.1 Å². The maximum Gasteiger partial charge on any atom is 0.461 e. The molecule has 0 amide bonds. The molecule has 9 heteroatoms. The first-order valence-electron chi connectivity index (χ1n) is 6.02. The van der Waals surface area contributed by atoms with Gasteiger partial charge in [0.25, 0.3) is 5.70 Å². The number of fused-ring (bicyclic) bond motifs is 1. The molecule has 0 saturated heterocycles. The van der Waals surface area contributed by atoms with Gasteiger partial charge in [0.2, 0.25) is 0 Å². The van der Waals surface area contributed by atoms with Crippen LogP contribution < -0.4 is 9.67 Å². The van der Waals surface area contributed by atoms with Crippen LogP contribution >= 0.6 is 0 Å². The van der Waals surface area contributed by atoms with Gasteiger partial charge in [-0.1, -0.05) is 18.2 Å². The number of rotatable bonds is 2. The van der Waals surface area contributed by atoms with E-state index >= 15 is 0 Å². The first-order valence-corrected chi connectivity index (χ1v) is 6.02. The van der Waals surface area contributed by atoms with Crippen LogP contribution in [0.1, 0.15) is 0 Å². The van der Waals surface area contributed by atoms with Gasteiger partial charge >= 0.3 is 18.1 Å². The molecule has 2 rings (SSSR count). The molecule has 2 aromatic rings. The summed E-state index contributed by atoms with van der Waals surface area (Å²) in [6.07, 6.45) is -9.58. The maximum atomic E-state index is 12.5. The Kier molecular flexibility index (Phi) is 4.06. The minimum atomic E-state index is -5.62. The number of Topliss-reactive ketones (excluding diaryl/α,β-unsaturated/α-hetero) is 1. The van der Waals surface area contributed by atoms with Gasteiger partial charge in [0.1, 0.15) is 0 Å². The average Bonchev–Trinajstić information content (AvgIpc) is 2.45. The predicted octanol–water partition coefficient (Wildman–Crippen LogP) is 2.35. The number of hydrogen-bond donors (Lipinski definition) is 0. The summed E-state index contributed by atoms with van der Waals surface area (Å²) in [6.45, 7) is 0. The number of pyridine rings is 1. The molecule has 0 N–H and O–H groups in total. The van der Waals surface area contributed by atoms with E-state index in [1.165, 1.54) is 18.2 Å². The highest BCUT2D eigenvalue weighted by atomic mass is 19.4. The second-order valence-electron chi connectivity index (χ2n) is 4.48. The van der Waals surface area contributed by atoms with Crippen LogP contribution in [0.5, 0.6) is 0 Å². The van der Waals surface area contributed by atoms with Crippen molar-refractivity contribution in [3.05, 3.63) is 48.5 Å². The second kappa shape index (κ2) is 5.56. The number of carbonyl (C=O) groups excluding carboxylic acids is 1. The Morgan fingerprint density at radius 2 is 1.48 bits per heavy atom. The third kappa shape index (κ3) is 3.43. The van der Waals surface area contributed by atoms with Gasteiger partial charge in [0.15, 0.2) is 12.4 Å². The number of nitrogens with zero attached hydrogens (tertiary/aromatic N) is 1.